The van der Waals surface area contributed by atoms with Crippen LogP contribution in [0.3, 0.4) is 0 Å². The van der Waals surface area contributed by atoms with E-state index in [0.717, 1.165) is 44.7 Å². The van der Waals surface area contributed by atoms with Gasteiger partial charge in [-0.25, -0.2) is 4.68 Å². The Kier molecular flexibility index (Phi) is 3.90. The van der Waals surface area contributed by atoms with E-state index in [1.807, 2.05) is 0 Å². The van der Waals surface area contributed by atoms with Crippen molar-refractivity contribution < 1.29 is 9.84 Å². The van der Waals surface area contributed by atoms with E-state index in [-0.39, 0.29) is 0 Å². The van der Waals surface area contributed by atoms with E-state index in [9.17, 15) is 5.11 Å². The fourth-order valence-corrected chi connectivity index (χ4v) is 2.11. The minimum atomic E-state index is -0.465. The molecule has 1 aliphatic heterocycles. The van der Waals surface area contributed by atoms with Crippen molar-refractivity contribution in [2.24, 2.45) is 5.92 Å². The molecule has 1 saturated heterocycles. The molecule has 1 aromatic heterocycles. The van der Waals surface area contributed by atoms with Gasteiger partial charge >= 0.3 is 0 Å². The molecule has 1 aromatic rings. The highest BCUT2D eigenvalue weighted by Gasteiger charge is 2.22. The number of aliphatic hydroxyl groups excluding tert-OH is 1. The summed E-state index contributed by atoms with van der Waals surface area (Å²) in [5, 5.41) is 18.0. The number of nitrogens with zero attached hydrogens (tertiary/aromatic N) is 3. The van der Waals surface area contributed by atoms with Crippen LogP contribution in [0.1, 0.15) is 38.0 Å². The Labute approximate surface area is 95.4 Å². The maximum Gasteiger partial charge on any atom is 0.0976 e. The first-order valence-corrected chi connectivity index (χ1v) is 5.95. The normalized spacial score (nSPS) is 22.5. The van der Waals surface area contributed by atoms with E-state index in [1.54, 1.807) is 10.9 Å². The molecule has 5 heteroatoms. The molecule has 2 atom stereocenters. The molecule has 2 heterocycles. The fourth-order valence-electron chi connectivity index (χ4n) is 2.11. The predicted molar refractivity (Wildman–Crippen MR) is 58.8 cm³/mol. The van der Waals surface area contributed by atoms with Gasteiger partial charge in [0.2, 0.25) is 0 Å². The SMILES string of the molecule is CCCn1nncc1C(O)CC1CCOC1. The maximum absolute atomic E-state index is 10.1. The molecule has 2 rings (SSSR count). The van der Waals surface area contributed by atoms with Crippen molar-refractivity contribution >= 4 is 0 Å². The van der Waals surface area contributed by atoms with Gasteiger partial charge in [-0.15, -0.1) is 5.10 Å². The molecule has 1 aliphatic rings. The Hall–Kier alpha value is -0.940. The first-order chi connectivity index (χ1) is 7.81. The minimum Gasteiger partial charge on any atom is -0.387 e. The zero-order valence-electron chi connectivity index (χ0n) is 9.67. The number of rotatable bonds is 5. The summed E-state index contributed by atoms with van der Waals surface area (Å²) in [5.41, 5.74) is 0.828. The molecule has 1 fully saturated rings. The molecule has 90 valence electrons. The molecule has 0 radical (unpaired) electrons. The summed E-state index contributed by atoms with van der Waals surface area (Å²) in [6, 6.07) is 0. The van der Waals surface area contributed by atoms with Gasteiger partial charge in [-0.05, 0) is 25.2 Å². The van der Waals surface area contributed by atoms with E-state index in [0.29, 0.717) is 5.92 Å². The van der Waals surface area contributed by atoms with Crippen molar-refractivity contribution in [1.29, 1.82) is 0 Å². The molecular formula is C11H19N3O2. The summed E-state index contributed by atoms with van der Waals surface area (Å²) in [5.74, 6) is 0.472. The van der Waals surface area contributed by atoms with Gasteiger partial charge in [-0.3, -0.25) is 0 Å². The van der Waals surface area contributed by atoms with Crippen molar-refractivity contribution in [2.75, 3.05) is 13.2 Å². The van der Waals surface area contributed by atoms with Crippen LogP contribution in [0.2, 0.25) is 0 Å². The lowest BCUT2D eigenvalue weighted by molar-refractivity contribution is 0.122. The predicted octanol–water partition coefficient (Wildman–Crippen LogP) is 1.15. The maximum atomic E-state index is 10.1. The highest BCUT2D eigenvalue weighted by Crippen LogP contribution is 2.25. The van der Waals surface area contributed by atoms with Gasteiger partial charge in [0, 0.05) is 19.8 Å². The highest BCUT2D eigenvalue weighted by molar-refractivity contribution is 4.99. The summed E-state index contributed by atoms with van der Waals surface area (Å²) in [6.07, 6.45) is 3.99. The van der Waals surface area contributed by atoms with E-state index in [2.05, 4.69) is 17.2 Å². The topological polar surface area (TPSA) is 60.2 Å². The second-order valence-electron chi connectivity index (χ2n) is 4.36. The van der Waals surface area contributed by atoms with Crippen molar-refractivity contribution in [3.63, 3.8) is 0 Å². The van der Waals surface area contributed by atoms with Gasteiger partial charge in [0.25, 0.3) is 0 Å². The van der Waals surface area contributed by atoms with Gasteiger partial charge in [-0.1, -0.05) is 12.1 Å². The molecular weight excluding hydrogens is 206 g/mol. The molecule has 0 saturated carbocycles. The van der Waals surface area contributed by atoms with Crippen LogP contribution < -0.4 is 0 Å². The summed E-state index contributed by atoms with van der Waals surface area (Å²) in [7, 11) is 0. The minimum absolute atomic E-state index is 0.465. The second kappa shape index (κ2) is 5.41. The monoisotopic (exact) mass is 225 g/mol. The van der Waals surface area contributed by atoms with Crippen LogP contribution in [0.15, 0.2) is 6.20 Å². The van der Waals surface area contributed by atoms with Gasteiger partial charge in [0.1, 0.15) is 0 Å². The molecule has 0 spiro atoms. The smallest absolute Gasteiger partial charge is 0.0976 e. The highest BCUT2D eigenvalue weighted by atomic mass is 16.5. The van der Waals surface area contributed by atoms with Crippen LogP contribution >= 0.6 is 0 Å². The Balaban J connectivity index is 1.96. The van der Waals surface area contributed by atoms with Gasteiger partial charge < -0.3 is 9.84 Å². The third-order valence-electron chi connectivity index (χ3n) is 3.01. The molecule has 5 nitrogen and oxygen atoms in total. The van der Waals surface area contributed by atoms with E-state index in [4.69, 9.17) is 4.74 Å². The van der Waals surface area contributed by atoms with Crippen LogP contribution in [-0.4, -0.2) is 33.3 Å². The average molecular weight is 225 g/mol. The molecule has 0 aromatic carbocycles. The fraction of sp³-hybridized carbons (Fsp3) is 0.818. The molecule has 0 amide bonds. The van der Waals surface area contributed by atoms with Gasteiger partial charge in [-0.2, -0.15) is 0 Å². The zero-order valence-corrected chi connectivity index (χ0v) is 9.67. The molecule has 2 unspecified atom stereocenters. The van der Waals surface area contributed by atoms with Crippen LogP contribution in [0.25, 0.3) is 0 Å². The molecule has 1 N–H and O–H groups in total. The zero-order chi connectivity index (χ0) is 11.4. The Morgan fingerprint density at radius 2 is 2.56 bits per heavy atom. The van der Waals surface area contributed by atoms with Crippen LogP contribution in [-0.2, 0) is 11.3 Å². The van der Waals surface area contributed by atoms with E-state index >= 15 is 0 Å². The number of ether oxygens (including phenoxy) is 1. The van der Waals surface area contributed by atoms with Crippen LogP contribution in [0.4, 0.5) is 0 Å². The van der Waals surface area contributed by atoms with Crippen LogP contribution in [0, 0.1) is 5.92 Å². The van der Waals surface area contributed by atoms with E-state index in [1.165, 1.54) is 0 Å². The number of aryl methyl sites for hydroxylation is 1. The standard InChI is InChI=1S/C11H19N3O2/c1-2-4-14-10(7-12-13-14)11(15)6-9-3-5-16-8-9/h7,9,11,15H,2-6,8H2,1H3. The Morgan fingerprint density at radius 3 is 3.25 bits per heavy atom. The number of hydrogen-bond donors (Lipinski definition) is 1. The third-order valence-corrected chi connectivity index (χ3v) is 3.01. The third kappa shape index (κ3) is 2.59. The Bertz CT molecular complexity index is 321. The summed E-state index contributed by atoms with van der Waals surface area (Å²) in [6.45, 7) is 4.49. The molecule has 16 heavy (non-hydrogen) atoms. The Morgan fingerprint density at radius 1 is 1.69 bits per heavy atom. The molecule has 0 bridgehead atoms. The number of hydrogen-bond acceptors (Lipinski definition) is 4. The lowest BCUT2D eigenvalue weighted by Crippen LogP contribution is -2.13. The van der Waals surface area contributed by atoms with Gasteiger partial charge in [0.05, 0.1) is 18.0 Å². The van der Waals surface area contributed by atoms with Crippen molar-refractivity contribution in [3.8, 4) is 0 Å². The van der Waals surface area contributed by atoms with Crippen molar-refractivity contribution in [1.82, 2.24) is 15.0 Å². The lowest BCUT2D eigenvalue weighted by atomic mass is 9.99. The van der Waals surface area contributed by atoms with Crippen molar-refractivity contribution in [2.45, 2.75) is 38.8 Å². The van der Waals surface area contributed by atoms with Crippen molar-refractivity contribution in [3.05, 3.63) is 11.9 Å². The summed E-state index contributed by atoms with van der Waals surface area (Å²) in [4.78, 5) is 0. The van der Waals surface area contributed by atoms with Gasteiger partial charge in [0.15, 0.2) is 0 Å². The number of aromatic nitrogens is 3. The average Bonchev–Trinajstić information content (AvgIpc) is 2.89. The second-order valence-corrected chi connectivity index (χ2v) is 4.36. The first-order valence-electron chi connectivity index (χ1n) is 5.95. The molecule has 0 aliphatic carbocycles. The van der Waals surface area contributed by atoms with E-state index < -0.39 is 6.10 Å². The summed E-state index contributed by atoms with van der Waals surface area (Å²) < 4.78 is 7.10. The van der Waals surface area contributed by atoms with Crippen LogP contribution in [0.5, 0.6) is 0 Å². The number of aliphatic hydroxyl groups is 1. The lowest BCUT2D eigenvalue weighted by Gasteiger charge is -2.15. The quantitative estimate of drug-likeness (QED) is 0.816. The first kappa shape index (κ1) is 11.5. The largest absolute Gasteiger partial charge is 0.387 e. The summed E-state index contributed by atoms with van der Waals surface area (Å²) >= 11 is 0.